The summed E-state index contributed by atoms with van der Waals surface area (Å²) < 4.78 is 5.58. The minimum atomic E-state index is -0.118. The smallest absolute Gasteiger partial charge is 0.251 e. The number of benzene rings is 1. The lowest BCUT2D eigenvalue weighted by molar-refractivity contribution is -0.118. The van der Waals surface area contributed by atoms with E-state index in [4.69, 9.17) is 9.72 Å². The Morgan fingerprint density at radius 1 is 1.25 bits per heavy atom. The fraction of sp³-hybridized carbons (Fsp3) is 0.538. The fourth-order valence-corrected chi connectivity index (χ4v) is 5.35. The number of ether oxygens (including phenoxy) is 1. The van der Waals surface area contributed by atoms with Crippen molar-refractivity contribution >= 4 is 35.0 Å². The average Bonchev–Trinajstić information content (AvgIpc) is 3.60. The van der Waals surface area contributed by atoms with Gasteiger partial charge in [-0.2, -0.15) is 4.98 Å². The van der Waals surface area contributed by atoms with Gasteiger partial charge in [-0.1, -0.05) is 12.8 Å². The van der Waals surface area contributed by atoms with E-state index < -0.39 is 0 Å². The number of methoxy groups -OCH3 is 1. The highest BCUT2D eigenvalue weighted by Crippen LogP contribution is 2.37. The van der Waals surface area contributed by atoms with Crippen LogP contribution in [-0.2, 0) is 4.79 Å². The molecule has 1 aromatic heterocycles. The van der Waals surface area contributed by atoms with E-state index in [9.17, 15) is 9.59 Å². The summed E-state index contributed by atoms with van der Waals surface area (Å²) in [4.78, 5) is 38.6. The van der Waals surface area contributed by atoms with E-state index >= 15 is 0 Å². The Kier molecular flexibility index (Phi) is 7.22. The molecule has 0 spiro atoms. The molecule has 3 aliphatic rings. The second-order valence-corrected chi connectivity index (χ2v) is 9.85. The average molecular weight is 494 g/mol. The summed E-state index contributed by atoms with van der Waals surface area (Å²) in [5.41, 5.74) is 1.93. The number of amides is 2. The summed E-state index contributed by atoms with van der Waals surface area (Å²) in [7, 11) is 3.36. The highest BCUT2D eigenvalue weighted by Gasteiger charge is 2.31. The third-order valence-corrected chi connectivity index (χ3v) is 7.51. The molecule has 0 radical (unpaired) electrons. The van der Waals surface area contributed by atoms with Gasteiger partial charge in [0.25, 0.3) is 5.91 Å². The predicted octanol–water partition coefficient (Wildman–Crippen LogP) is 2.68. The number of rotatable bonds is 7. The molecule has 1 saturated carbocycles. The van der Waals surface area contributed by atoms with Crippen molar-refractivity contribution in [3.8, 4) is 5.75 Å². The summed E-state index contributed by atoms with van der Waals surface area (Å²) in [6.45, 7) is 3.26. The van der Waals surface area contributed by atoms with E-state index in [0.29, 0.717) is 54.4 Å². The maximum absolute atomic E-state index is 12.7. The Balaban J connectivity index is 1.36. The van der Waals surface area contributed by atoms with Gasteiger partial charge < -0.3 is 30.5 Å². The first-order valence-electron chi connectivity index (χ1n) is 12.9. The van der Waals surface area contributed by atoms with Crippen LogP contribution < -0.4 is 30.5 Å². The van der Waals surface area contributed by atoms with Gasteiger partial charge in [-0.05, 0) is 56.5 Å². The van der Waals surface area contributed by atoms with Gasteiger partial charge in [0.05, 0.1) is 19.0 Å². The Morgan fingerprint density at radius 3 is 2.83 bits per heavy atom. The summed E-state index contributed by atoms with van der Waals surface area (Å²) in [5.74, 6) is 2.16. The van der Waals surface area contributed by atoms with E-state index in [1.54, 1.807) is 37.4 Å². The molecule has 2 amide bonds. The zero-order chi connectivity index (χ0) is 25.1. The molecule has 5 rings (SSSR count). The van der Waals surface area contributed by atoms with Gasteiger partial charge in [0.1, 0.15) is 11.4 Å². The predicted molar refractivity (Wildman–Crippen MR) is 139 cm³/mol. The van der Waals surface area contributed by atoms with Crippen LogP contribution in [0.25, 0.3) is 0 Å². The van der Waals surface area contributed by atoms with Crippen LogP contribution in [0.5, 0.6) is 5.75 Å². The first kappa shape index (κ1) is 24.3. The van der Waals surface area contributed by atoms with Crippen LogP contribution >= 0.6 is 0 Å². The number of nitrogens with one attached hydrogen (secondary N) is 3. The van der Waals surface area contributed by atoms with E-state index in [1.165, 1.54) is 12.8 Å². The van der Waals surface area contributed by atoms with Crippen LogP contribution in [0.2, 0.25) is 0 Å². The molecule has 1 aliphatic carbocycles. The number of hydrogen-bond acceptors (Lipinski definition) is 8. The molecule has 2 aliphatic heterocycles. The van der Waals surface area contributed by atoms with Gasteiger partial charge in [0, 0.05) is 38.2 Å². The molecule has 10 heteroatoms. The number of fused-ring (bicyclic) bond motifs is 1. The maximum atomic E-state index is 12.7. The molecule has 192 valence electrons. The van der Waals surface area contributed by atoms with Gasteiger partial charge in [0.15, 0.2) is 5.82 Å². The number of nitrogens with zero attached hydrogens (tertiary/aromatic N) is 4. The second-order valence-electron chi connectivity index (χ2n) is 9.85. The zero-order valence-electron chi connectivity index (χ0n) is 21.0. The third kappa shape index (κ3) is 5.09. The van der Waals surface area contributed by atoms with E-state index in [0.717, 1.165) is 43.9 Å². The third-order valence-electron chi connectivity index (χ3n) is 7.51. The molecule has 1 saturated heterocycles. The van der Waals surface area contributed by atoms with Crippen LogP contribution in [0.4, 0.5) is 23.1 Å². The second kappa shape index (κ2) is 10.7. The van der Waals surface area contributed by atoms with E-state index in [-0.39, 0.29) is 11.8 Å². The molecule has 0 bridgehead atoms. The quantitative estimate of drug-likeness (QED) is 0.540. The first-order valence-corrected chi connectivity index (χ1v) is 12.9. The number of anilines is 4. The fourth-order valence-electron chi connectivity index (χ4n) is 5.35. The van der Waals surface area contributed by atoms with Crippen molar-refractivity contribution in [1.29, 1.82) is 0 Å². The molecule has 2 aromatic rings. The minimum absolute atomic E-state index is 0.0702. The van der Waals surface area contributed by atoms with Crippen molar-refractivity contribution in [2.75, 3.05) is 55.5 Å². The van der Waals surface area contributed by atoms with Crippen LogP contribution in [0.15, 0.2) is 24.4 Å². The molecule has 3 heterocycles. The normalized spacial score (nSPS) is 20.3. The van der Waals surface area contributed by atoms with Crippen molar-refractivity contribution < 1.29 is 14.3 Å². The van der Waals surface area contributed by atoms with Crippen LogP contribution in [-0.4, -0.2) is 68.2 Å². The largest absolute Gasteiger partial charge is 0.495 e. The highest BCUT2D eigenvalue weighted by atomic mass is 16.5. The molecule has 10 nitrogen and oxygen atoms in total. The lowest BCUT2D eigenvalue weighted by atomic mass is 10.1. The topological polar surface area (TPSA) is 112 Å². The minimum Gasteiger partial charge on any atom is -0.495 e. The van der Waals surface area contributed by atoms with Gasteiger partial charge in [-0.3, -0.25) is 9.59 Å². The van der Waals surface area contributed by atoms with Crippen molar-refractivity contribution in [2.24, 2.45) is 5.92 Å². The molecule has 1 aromatic carbocycles. The van der Waals surface area contributed by atoms with Gasteiger partial charge >= 0.3 is 0 Å². The summed E-state index contributed by atoms with van der Waals surface area (Å²) in [6, 6.07) is 5.70. The SMILES string of the molecule is COc1cc(C(=O)NCC2CCNC2)ccc1Nc1ncc2c(n1)N(C1CCCC1)CCC(=O)N2C. The first-order chi connectivity index (χ1) is 17.5. The molecular weight excluding hydrogens is 458 g/mol. The van der Waals surface area contributed by atoms with Crippen molar-refractivity contribution in [1.82, 2.24) is 20.6 Å². The molecule has 3 N–H and O–H groups in total. The monoisotopic (exact) mass is 493 g/mol. The number of carbonyl (C=O) groups excluding carboxylic acids is 2. The van der Waals surface area contributed by atoms with E-state index in [2.05, 4.69) is 25.8 Å². The summed E-state index contributed by atoms with van der Waals surface area (Å²) in [5, 5.41) is 9.60. The summed E-state index contributed by atoms with van der Waals surface area (Å²) in [6.07, 6.45) is 7.87. The Hall–Kier alpha value is -3.40. The van der Waals surface area contributed by atoms with Gasteiger partial charge in [-0.15, -0.1) is 0 Å². The molecule has 36 heavy (non-hydrogen) atoms. The van der Waals surface area contributed by atoms with Gasteiger partial charge in [0.2, 0.25) is 11.9 Å². The highest BCUT2D eigenvalue weighted by molar-refractivity contribution is 5.97. The van der Waals surface area contributed by atoms with Crippen molar-refractivity contribution in [3.63, 3.8) is 0 Å². The molecule has 1 atom stereocenters. The van der Waals surface area contributed by atoms with Crippen molar-refractivity contribution in [2.45, 2.75) is 44.6 Å². The van der Waals surface area contributed by atoms with Crippen LogP contribution in [0.3, 0.4) is 0 Å². The number of hydrogen-bond donors (Lipinski definition) is 3. The Bertz CT molecular complexity index is 1110. The van der Waals surface area contributed by atoms with Crippen LogP contribution in [0.1, 0.15) is 48.9 Å². The number of carbonyl (C=O) groups is 2. The molecular formula is C26H35N7O3. The Labute approximate surface area is 211 Å². The molecule has 2 fully saturated rings. The number of aromatic nitrogens is 2. The van der Waals surface area contributed by atoms with E-state index in [1.807, 2.05) is 6.07 Å². The molecule has 1 unspecified atom stereocenters. The lowest BCUT2D eigenvalue weighted by Gasteiger charge is -2.30. The van der Waals surface area contributed by atoms with Crippen LogP contribution in [0, 0.1) is 5.92 Å². The lowest BCUT2D eigenvalue weighted by Crippen LogP contribution is -2.34. The van der Waals surface area contributed by atoms with Crippen molar-refractivity contribution in [3.05, 3.63) is 30.0 Å². The standard InChI is InChI=1S/C26H35N7O3/c1-32-21-16-29-26(31-24(21)33(12-10-23(32)34)19-5-3-4-6-19)30-20-8-7-18(13-22(20)36-2)25(35)28-15-17-9-11-27-14-17/h7-8,13,16-17,19,27H,3-6,9-12,14-15H2,1-2H3,(H,28,35)(H,29,30,31). The maximum Gasteiger partial charge on any atom is 0.251 e. The zero-order valence-corrected chi connectivity index (χ0v) is 21.0. The Morgan fingerprint density at radius 2 is 2.08 bits per heavy atom. The van der Waals surface area contributed by atoms with Gasteiger partial charge in [-0.25, -0.2) is 4.98 Å². The summed E-state index contributed by atoms with van der Waals surface area (Å²) >= 11 is 0.